The van der Waals surface area contributed by atoms with Crippen molar-refractivity contribution in [3.63, 3.8) is 0 Å². The van der Waals surface area contributed by atoms with E-state index in [1.807, 2.05) is 0 Å². The summed E-state index contributed by atoms with van der Waals surface area (Å²) in [5, 5.41) is 3.56. The van der Waals surface area contributed by atoms with Gasteiger partial charge in [-0.05, 0) is 53.0 Å². The first-order valence-corrected chi connectivity index (χ1v) is 8.87. The Bertz CT molecular complexity index is 318. The zero-order valence-electron chi connectivity index (χ0n) is 14.1. The van der Waals surface area contributed by atoms with E-state index in [0.717, 1.165) is 26.2 Å². The summed E-state index contributed by atoms with van der Waals surface area (Å²) >= 11 is 0. The molecule has 122 valence electrons. The molecule has 0 aliphatic carbocycles. The molecule has 0 saturated carbocycles. The zero-order valence-corrected chi connectivity index (χ0v) is 14.1. The molecule has 4 nitrogen and oxygen atoms in total. The number of hydrogen-bond acceptors (Lipinski definition) is 3. The Morgan fingerprint density at radius 3 is 2.33 bits per heavy atom. The largest absolute Gasteiger partial charge is 0.341 e. The Morgan fingerprint density at radius 1 is 1.14 bits per heavy atom. The Hall–Kier alpha value is -0.610. The summed E-state index contributed by atoms with van der Waals surface area (Å²) in [6, 6.07) is 0.982. The number of nitrogens with zero attached hydrogens (tertiary/aromatic N) is 2. The van der Waals surface area contributed by atoms with Gasteiger partial charge >= 0.3 is 0 Å². The van der Waals surface area contributed by atoms with Crippen molar-refractivity contribution in [1.29, 1.82) is 0 Å². The summed E-state index contributed by atoms with van der Waals surface area (Å²) in [5.41, 5.74) is 0. The fourth-order valence-electron chi connectivity index (χ4n) is 3.68. The van der Waals surface area contributed by atoms with Gasteiger partial charge in [0.15, 0.2) is 0 Å². The number of nitrogens with one attached hydrogen (secondary N) is 1. The normalized spacial score (nSPS) is 25.4. The van der Waals surface area contributed by atoms with Crippen LogP contribution in [0.5, 0.6) is 0 Å². The quantitative estimate of drug-likeness (QED) is 0.845. The maximum Gasteiger partial charge on any atom is 0.239 e. The summed E-state index contributed by atoms with van der Waals surface area (Å²) in [7, 11) is 0. The third-order valence-electron chi connectivity index (χ3n) is 5.03. The third-order valence-corrected chi connectivity index (χ3v) is 5.03. The van der Waals surface area contributed by atoms with Crippen LogP contribution in [0.4, 0.5) is 0 Å². The highest BCUT2D eigenvalue weighted by Crippen LogP contribution is 2.16. The van der Waals surface area contributed by atoms with Crippen LogP contribution >= 0.6 is 0 Å². The predicted octanol–water partition coefficient (Wildman–Crippen LogP) is 2.24. The fourth-order valence-corrected chi connectivity index (χ4v) is 3.68. The molecule has 0 spiro atoms. The first kappa shape index (κ1) is 16.8. The van der Waals surface area contributed by atoms with Crippen molar-refractivity contribution in [2.75, 3.05) is 26.2 Å². The Morgan fingerprint density at radius 2 is 1.81 bits per heavy atom. The van der Waals surface area contributed by atoms with E-state index in [4.69, 9.17) is 0 Å². The monoisotopic (exact) mass is 295 g/mol. The van der Waals surface area contributed by atoms with Gasteiger partial charge in [0.2, 0.25) is 5.91 Å². The molecule has 0 aromatic rings. The minimum absolute atomic E-state index is 0.00509. The maximum absolute atomic E-state index is 12.8. The Labute approximate surface area is 130 Å². The number of carbonyl (C=O) groups is 1. The molecule has 2 aliphatic rings. The van der Waals surface area contributed by atoms with Crippen LogP contribution in [0.25, 0.3) is 0 Å². The van der Waals surface area contributed by atoms with Crippen molar-refractivity contribution in [3.05, 3.63) is 0 Å². The lowest BCUT2D eigenvalue weighted by Gasteiger charge is -2.36. The zero-order chi connectivity index (χ0) is 15.2. The summed E-state index contributed by atoms with van der Waals surface area (Å²) in [6.07, 6.45) is 7.41. The highest BCUT2D eigenvalue weighted by atomic mass is 16.2. The van der Waals surface area contributed by atoms with E-state index >= 15 is 0 Å². The lowest BCUT2D eigenvalue weighted by molar-refractivity contribution is -0.137. The Balaban J connectivity index is 1.95. The minimum Gasteiger partial charge on any atom is -0.341 e. The second-order valence-corrected chi connectivity index (χ2v) is 7.00. The third kappa shape index (κ3) is 4.68. The summed E-state index contributed by atoms with van der Waals surface area (Å²) in [6.45, 7) is 10.6. The van der Waals surface area contributed by atoms with Gasteiger partial charge in [-0.15, -0.1) is 0 Å². The summed E-state index contributed by atoms with van der Waals surface area (Å²) in [5.74, 6) is 0.337. The molecule has 0 radical (unpaired) electrons. The van der Waals surface area contributed by atoms with E-state index in [1.54, 1.807) is 0 Å². The molecular formula is C17H33N3O. The molecule has 2 aliphatic heterocycles. The SMILES string of the molecule is CC(C)N(CC1CCCN1)C(C)C(=O)N1CCCCCC1. The molecule has 0 bridgehead atoms. The van der Waals surface area contributed by atoms with Crippen molar-refractivity contribution in [1.82, 2.24) is 15.1 Å². The van der Waals surface area contributed by atoms with Gasteiger partial charge in [0.25, 0.3) is 0 Å². The molecule has 4 heteroatoms. The van der Waals surface area contributed by atoms with Crippen LogP contribution < -0.4 is 5.32 Å². The van der Waals surface area contributed by atoms with Crippen molar-refractivity contribution in [2.45, 2.75) is 77.4 Å². The summed E-state index contributed by atoms with van der Waals surface area (Å²) < 4.78 is 0. The van der Waals surface area contributed by atoms with Crippen LogP contribution in [-0.2, 0) is 4.79 Å². The van der Waals surface area contributed by atoms with Gasteiger partial charge < -0.3 is 10.2 Å². The maximum atomic E-state index is 12.8. The van der Waals surface area contributed by atoms with Gasteiger partial charge in [-0.3, -0.25) is 9.69 Å². The van der Waals surface area contributed by atoms with Gasteiger partial charge in [-0.1, -0.05) is 12.8 Å². The van der Waals surface area contributed by atoms with Crippen LogP contribution in [0.15, 0.2) is 0 Å². The van der Waals surface area contributed by atoms with E-state index < -0.39 is 0 Å². The first-order chi connectivity index (χ1) is 10.1. The van der Waals surface area contributed by atoms with Crippen LogP contribution in [0.1, 0.15) is 59.3 Å². The number of carbonyl (C=O) groups excluding carboxylic acids is 1. The minimum atomic E-state index is 0.00509. The number of hydrogen-bond donors (Lipinski definition) is 1. The number of likely N-dealkylation sites (tertiary alicyclic amines) is 1. The van der Waals surface area contributed by atoms with Crippen molar-refractivity contribution < 1.29 is 4.79 Å². The van der Waals surface area contributed by atoms with Crippen molar-refractivity contribution in [3.8, 4) is 0 Å². The Kier molecular flexibility index (Phi) is 6.49. The second-order valence-electron chi connectivity index (χ2n) is 7.00. The lowest BCUT2D eigenvalue weighted by atomic mass is 10.1. The molecule has 1 amide bonds. The second kappa shape index (κ2) is 8.14. The molecule has 2 atom stereocenters. The van der Waals surface area contributed by atoms with Crippen LogP contribution in [-0.4, -0.2) is 60.0 Å². The summed E-state index contributed by atoms with van der Waals surface area (Å²) in [4.78, 5) is 17.3. The molecule has 2 heterocycles. The van der Waals surface area contributed by atoms with Crippen LogP contribution in [0.3, 0.4) is 0 Å². The van der Waals surface area contributed by atoms with Crippen molar-refractivity contribution in [2.24, 2.45) is 0 Å². The molecular weight excluding hydrogens is 262 g/mol. The van der Waals surface area contributed by atoms with E-state index in [9.17, 15) is 4.79 Å². The molecule has 2 unspecified atom stereocenters. The van der Waals surface area contributed by atoms with Crippen molar-refractivity contribution >= 4 is 5.91 Å². The van der Waals surface area contributed by atoms with E-state index in [2.05, 4.69) is 35.9 Å². The number of amides is 1. The smallest absolute Gasteiger partial charge is 0.239 e. The molecule has 2 rings (SSSR count). The molecule has 1 N–H and O–H groups in total. The highest BCUT2D eigenvalue weighted by Gasteiger charge is 2.30. The van der Waals surface area contributed by atoms with Crippen LogP contribution in [0.2, 0.25) is 0 Å². The highest BCUT2D eigenvalue weighted by molar-refractivity contribution is 5.81. The topological polar surface area (TPSA) is 35.6 Å². The molecule has 0 aromatic carbocycles. The average Bonchev–Trinajstić information content (AvgIpc) is 2.83. The van der Waals surface area contributed by atoms with Gasteiger partial charge in [0, 0.05) is 31.7 Å². The molecule has 2 saturated heterocycles. The lowest BCUT2D eigenvalue weighted by Crippen LogP contribution is -2.53. The first-order valence-electron chi connectivity index (χ1n) is 8.87. The fraction of sp³-hybridized carbons (Fsp3) is 0.941. The molecule has 0 aromatic heterocycles. The van der Waals surface area contributed by atoms with E-state index in [-0.39, 0.29) is 6.04 Å². The predicted molar refractivity (Wildman–Crippen MR) is 87.4 cm³/mol. The standard InChI is InChI=1S/C17H33N3O/c1-14(2)20(13-16-9-8-10-18-16)15(3)17(21)19-11-6-4-5-7-12-19/h14-16,18H,4-13H2,1-3H3. The van der Waals surface area contributed by atoms with E-state index in [0.29, 0.717) is 18.0 Å². The average molecular weight is 295 g/mol. The molecule has 2 fully saturated rings. The van der Waals surface area contributed by atoms with Gasteiger partial charge in [0.05, 0.1) is 6.04 Å². The van der Waals surface area contributed by atoms with Crippen LogP contribution in [0, 0.1) is 0 Å². The number of rotatable bonds is 5. The van der Waals surface area contributed by atoms with Gasteiger partial charge in [-0.2, -0.15) is 0 Å². The van der Waals surface area contributed by atoms with Gasteiger partial charge in [-0.25, -0.2) is 0 Å². The molecule has 21 heavy (non-hydrogen) atoms. The van der Waals surface area contributed by atoms with Gasteiger partial charge in [0.1, 0.15) is 0 Å². The van der Waals surface area contributed by atoms with E-state index in [1.165, 1.54) is 38.5 Å².